The van der Waals surface area contributed by atoms with Crippen LogP contribution < -0.4 is 4.90 Å². The Balaban J connectivity index is 1.33. The SMILES string of the molecule is O=C(c1ccccc1)c1ccc(COC(=O)[C@@H]2CC(=O)N(c3ccccc3)C2)cc1. The number of benzene rings is 3. The Bertz CT molecular complexity index is 1050. The van der Waals surface area contributed by atoms with Gasteiger partial charge >= 0.3 is 5.97 Å². The second-order valence-corrected chi connectivity index (χ2v) is 7.24. The molecule has 1 aliphatic heterocycles. The van der Waals surface area contributed by atoms with Gasteiger partial charge < -0.3 is 9.64 Å². The average molecular weight is 399 g/mol. The van der Waals surface area contributed by atoms with Crippen LogP contribution in [0, 0.1) is 5.92 Å². The molecule has 0 spiro atoms. The molecule has 1 saturated heterocycles. The van der Waals surface area contributed by atoms with Gasteiger partial charge in [-0.05, 0) is 17.7 Å². The molecule has 30 heavy (non-hydrogen) atoms. The molecule has 0 unspecified atom stereocenters. The third-order valence-electron chi connectivity index (χ3n) is 5.16. The molecular formula is C25H21NO4. The zero-order valence-corrected chi connectivity index (χ0v) is 16.4. The summed E-state index contributed by atoms with van der Waals surface area (Å²) >= 11 is 0. The van der Waals surface area contributed by atoms with Crippen molar-refractivity contribution in [2.45, 2.75) is 13.0 Å². The first kappa shape index (κ1) is 19.6. The number of hydrogen-bond donors (Lipinski definition) is 0. The highest BCUT2D eigenvalue weighted by Gasteiger charge is 2.36. The fraction of sp³-hybridized carbons (Fsp3) is 0.160. The number of carbonyl (C=O) groups excluding carboxylic acids is 3. The summed E-state index contributed by atoms with van der Waals surface area (Å²) in [7, 11) is 0. The molecular weight excluding hydrogens is 378 g/mol. The highest BCUT2D eigenvalue weighted by molar-refractivity contribution is 6.08. The quantitative estimate of drug-likeness (QED) is 0.464. The fourth-order valence-corrected chi connectivity index (χ4v) is 3.50. The van der Waals surface area contributed by atoms with Crippen LogP contribution in [0.1, 0.15) is 27.9 Å². The summed E-state index contributed by atoms with van der Waals surface area (Å²) in [6.07, 6.45) is 0.151. The maximum atomic E-state index is 12.5. The molecule has 5 nitrogen and oxygen atoms in total. The van der Waals surface area contributed by atoms with E-state index in [0.29, 0.717) is 17.7 Å². The molecule has 3 aromatic carbocycles. The topological polar surface area (TPSA) is 63.7 Å². The molecule has 1 heterocycles. The standard InChI is InChI=1S/C25H21NO4/c27-23-15-21(16-26(23)22-9-5-2-6-10-22)25(29)30-17-18-11-13-20(14-12-18)24(28)19-7-3-1-4-8-19/h1-14,21H,15-17H2/t21-/m1/s1. The zero-order valence-electron chi connectivity index (χ0n) is 16.4. The van der Waals surface area contributed by atoms with Gasteiger partial charge in [0.2, 0.25) is 5.91 Å². The summed E-state index contributed by atoms with van der Waals surface area (Å²) in [5.41, 5.74) is 2.79. The number of amides is 1. The van der Waals surface area contributed by atoms with Crippen LogP contribution in [0.25, 0.3) is 0 Å². The second kappa shape index (κ2) is 8.74. The van der Waals surface area contributed by atoms with Gasteiger partial charge in [0, 0.05) is 29.8 Å². The molecule has 0 aliphatic carbocycles. The number of ether oxygens (including phenoxy) is 1. The van der Waals surface area contributed by atoms with Crippen molar-refractivity contribution in [2.24, 2.45) is 5.92 Å². The van der Waals surface area contributed by atoms with E-state index in [1.165, 1.54) is 0 Å². The average Bonchev–Trinajstić information content (AvgIpc) is 3.20. The van der Waals surface area contributed by atoms with Gasteiger partial charge in [-0.2, -0.15) is 0 Å². The highest BCUT2D eigenvalue weighted by atomic mass is 16.5. The van der Waals surface area contributed by atoms with Crippen LogP contribution in [-0.2, 0) is 20.9 Å². The van der Waals surface area contributed by atoms with Crippen molar-refractivity contribution in [3.05, 3.63) is 102 Å². The predicted molar refractivity (Wildman–Crippen MR) is 113 cm³/mol. The van der Waals surface area contributed by atoms with Crippen LogP contribution in [0.5, 0.6) is 0 Å². The monoisotopic (exact) mass is 399 g/mol. The van der Waals surface area contributed by atoms with Gasteiger partial charge in [-0.1, -0.05) is 72.8 Å². The number of rotatable bonds is 6. The van der Waals surface area contributed by atoms with E-state index in [0.717, 1.165) is 11.3 Å². The smallest absolute Gasteiger partial charge is 0.311 e. The first-order valence-electron chi connectivity index (χ1n) is 9.82. The molecule has 0 radical (unpaired) electrons. The van der Waals surface area contributed by atoms with E-state index in [-0.39, 0.29) is 30.7 Å². The molecule has 0 saturated carbocycles. The molecule has 1 fully saturated rings. The summed E-state index contributed by atoms with van der Waals surface area (Å²) < 4.78 is 5.43. The van der Waals surface area contributed by atoms with Gasteiger partial charge in [-0.25, -0.2) is 0 Å². The van der Waals surface area contributed by atoms with Gasteiger partial charge in [0.25, 0.3) is 0 Å². The second-order valence-electron chi connectivity index (χ2n) is 7.24. The maximum absolute atomic E-state index is 12.5. The molecule has 1 atom stereocenters. The minimum absolute atomic E-state index is 0.0513. The number of nitrogens with zero attached hydrogens (tertiary/aromatic N) is 1. The normalized spacial score (nSPS) is 15.8. The third-order valence-corrected chi connectivity index (χ3v) is 5.16. The molecule has 1 amide bonds. The van der Waals surface area contributed by atoms with Crippen molar-refractivity contribution in [1.82, 2.24) is 0 Å². The summed E-state index contributed by atoms with van der Waals surface area (Å²) in [4.78, 5) is 38.8. The Labute approximate surface area is 174 Å². The van der Waals surface area contributed by atoms with Gasteiger partial charge in [0.15, 0.2) is 5.78 Å². The van der Waals surface area contributed by atoms with E-state index in [2.05, 4.69) is 0 Å². The molecule has 3 aromatic rings. The van der Waals surface area contributed by atoms with Crippen LogP contribution in [0.2, 0.25) is 0 Å². The van der Waals surface area contributed by atoms with Crippen LogP contribution >= 0.6 is 0 Å². The molecule has 5 heteroatoms. The lowest BCUT2D eigenvalue weighted by molar-refractivity contribution is -0.149. The van der Waals surface area contributed by atoms with Crippen molar-refractivity contribution in [2.75, 3.05) is 11.4 Å². The van der Waals surface area contributed by atoms with Crippen molar-refractivity contribution < 1.29 is 19.1 Å². The number of esters is 1. The number of anilines is 1. The first-order chi connectivity index (χ1) is 14.6. The van der Waals surface area contributed by atoms with Gasteiger partial charge in [-0.3, -0.25) is 14.4 Å². The third kappa shape index (κ3) is 4.30. The van der Waals surface area contributed by atoms with Crippen molar-refractivity contribution in [1.29, 1.82) is 0 Å². The fourth-order valence-electron chi connectivity index (χ4n) is 3.50. The number of carbonyl (C=O) groups is 3. The van der Waals surface area contributed by atoms with Crippen molar-refractivity contribution in [3.8, 4) is 0 Å². The summed E-state index contributed by atoms with van der Waals surface area (Å²) in [5, 5.41) is 0. The molecule has 0 aromatic heterocycles. The van der Waals surface area contributed by atoms with E-state index in [4.69, 9.17) is 4.74 Å². The van der Waals surface area contributed by atoms with E-state index in [1.807, 2.05) is 48.5 Å². The molecule has 0 bridgehead atoms. The number of ketones is 1. The Morgan fingerprint density at radius 2 is 1.43 bits per heavy atom. The van der Waals surface area contributed by atoms with Gasteiger partial charge in [0.05, 0.1) is 5.92 Å². The van der Waals surface area contributed by atoms with E-state index in [9.17, 15) is 14.4 Å². The largest absolute Gasteiger partial charge is 0.461 e. The van der Waals surface area contributed by atoms with Crippen molar-refractivity contribution in [3.63, 3.8) is 0 Å². The first-order valence-corrected chi connectivity index (χ1v) is 9.82. The Morgan fingerprint density at radius 1 is 0.833 bits per heavy atom. The molecule has 4 rings (SSSR count). The predicted octanol–water partition coefficient (Wildman–Crippen LogP) is 4.01. The van der Waals surface area contributed by atoms with E-state index >= 15 is 0 Å². The lowest BCUT2D eigenvalue weighted by atomic mass is 10.0. The lowest BCUT2D eigenvalue weighted by Crippen LogP contribution is -2.26. The zero-order chi connectivity index (χ0) is 20.9. The van der Waals surface area contributed by atoms with Crippen molar-refractivity contribution >= 4 is 23.3 Å². The summed E-state index contributed by atoms with van der Waals surface area (Å²) in [6, 6.07) is 25.4. The minimum Gasteiger partial charge on any atom is -0.461 e. The Kier molecular flexibility index (Phi) is 5.70. The molecule has 1 aliphatic rings. The van der Waals surface area contributed by atoms with Crippen LogP contribution in [0.15, 0.2) is 84.9 Å². The van der Waals surface area contributed by atoms with E-state index < -0.39 is 5.92 Å². The molecule has 0 N–H and O–H groups in total. The minimum atomic E-state index is -0.475. The lowest BCUT2D eigenvalue weighted by Gasteiger charge is -2.16. The molecule has 150 valence electrons. The van der Waals surface area contributed by atoms with Gasteiger partial charge in [-0.15, -0.1) is 0 Å². The van der Waals surface area contributed by atoms with Crippen LogP contribution in [0.4, 0.5) is 5.69 Å². The van der Waals surface area contributed by atoms with Crippen LogP contribution in [0.3, 0.4) is 0 Å². The van der Waals surface area contributed by atoms with E-state index in [1.54, 1.807) is 41.3 Å². The van der Waals surface area contributed by atoms with Gasteiger partial charge in [0.1, 0.15) is 6.61 Å². The Morgan fingerprint density at radius 3 is 2.10 bits per heavy atom. The summed E-state index contributed by atoms with van der Waals surface area (Å²) in [5.74, 6) is -0.987. The number of para-hydroxylation sites is 1. The number of hydrogen-bond acceptors (Lipinski definition) is 4. The summed E-state index contributed by atoms with van der Waals surface area (Å²) in [6.45, 7) is 0.431. The highest BCUT2D eigenvalue weighted by Crippen LogP contribution is 2.26. The Hall–Kier alpha value is -3.73. The maximum Gasteiger partial charge on any atom is 0.311 e. The van der Waals surface area contributed by atoms with Crippen LogP contribution in [-0.4, -0.2) is 24.2 Å².